The highest BCUT2D eigenvalue weighted by Crippen LogP contribution is 2.25. The molecule has 0 bridgehead atoms. The van der Waals surface area contributed by atoms with Gasteiger partial charge < -0.3 is 0 Å². The minimum absolute atomic E-state index is 0.141. The van der Waals surface area contributed by atoms with E-state index in [1.807, 2.05) is 49.4 Å². The molecule has 0 aliphatic carbocycles. The number of Topliss-reactive ketones (excluding diaryl/α,β-unsaturated/α-hetero) is 1. The summed E-state index contributed by atoms with van der Waals surface area (Å²) < 4.78 is 0.977. The first-order chi connectivity index (χ1) is 10.0. The van der Waals surface area contributed by atoms with Crippen molar-refractivity contribution in [3.63, 3.8) is 0 Å². The zero-order valence-corrected chi connectivity index (χ0v) is 13.8. The van der Waals surface area contributed by atoms with Crippen LogP contribution in [0.15, 0.2) is 51.9 Å². The molecule has 0 radical (unpaired) electrons. The van der Waals surface area contributed by atoms with E-state index in [1.165, 1.54) is 0 Å². The van der Waals surface area contributed by atoms with E-state index < -0.39 is 0 Å². The number of hydrogen-bond acceptors (Lipinski definition) is 2. The zero-order valence-electron chi connectivity index (χ0n) is 11.4. The Hall–Kier alpha value is -1.45. The monoisotopic (exact) mass is 361 g/mol. The first-order valence-corrected chi connectivity index (χ1v) is 7.87. The van der Waals surface area contributed by atoms with Crippen LogP contribution in [0.5, 0.6) is 0 Å². The quantitative estimate of drug-likeness (QED) is 0.737. The lowest BCUT2D eigenvalue weighted by molar-refractivity contribution is -0.119. The van der Waals surface area contributed by atoms with Crippen molar-refractivity contribution in [1.82, 2.24) is 0 Å². The summed E-state index contributed by atoms with van der Waals surface area (Å²) in [5.41, 5.74) is 3.84. The first-order valence-electron chi connectivity index (χ1n) is 6.70. The van der Waals surface area contributed by atoms with Crippen LogP contribution in [0.4, 0.5) is 0 Å². The highest BCUT2D eigenvalue weighted by molar-refractivity contribution is 9.10. The van der Waals surface area contributed by atoms with Crippen LogP contribution in [-0.2, 0) is 11.2 Å². The molecule has 0 spiro atoms. The predicted octanol–water partition coefficient (Wildman–Crippen LogP) is 4.45. The van der Waals surface area contributed by atoms with Crippen LogP contribution in [0.2, 0.25) is 5.02 Å². The van der Waals surface area contributed by atoms with E-state index in [0.29, 0.717) is 11.4 Å². The van der Waals surface area contributed by atoms with Crippen molar-refractivity contribution in [2.24, 2.45) is 4.99 Å². The van der Waals surface area contributed by atoms with Crippen LogP contribution < -0.4 is 0 Å². The molecule has 106 valence electrons. The molecule has 1 aliphatic rings. The van der Waals surface area contributed by atoms with Crippen LogP contribution in [0.1, 0.15) is 23.6 Å². The van der Waals surface area contributed by atoms with Crippen LogP contribution >= 0.6 is 27.5 Å². The Morgan fingerprint density at radius 2 is 1.90 bits per heavy atom. The minimum atomic E-state index is -0.332. The molecule has 0 saturated carbocycles. The second-order valence-electron chi connectivity index (χ2n) is 5.11. The molecular weight excluding hydrogens is 350 g/mol. The molecule has 2 aromatic rings. The minimum Gasteiger partial charge on any atom is -0.297 e. The van der Waals surface area contributed by atoms with Crippen LogP contribution in [0.25, 0.3) is 0 Å². The van der Waals surface area contributed by atoms with Crippen molar-refractivity contribution in [2.45, 2.75) is 19.4 Å². The van der Waals surface area contributed by atoms with Gasteiger partial charge in [-0.15, -0.1) is 0 Å². The first kappa shape index (κ1) is 14.5. The number of ketones is 1. The molecule has 0 fully saturated rings. The third kappa shape index (κ3) is 2.94. The van der Waals surface area contributed by atoms with Gasteiger partial charge in [0.1, 0.15) is 6.04 Å². The van der Waals surface area contributed by atoms with E-state index in [4.69, 9.17) is 11.6 Å². The Balaban J connectivity index is 2.21. The Morgan fingerprint density at radius 1 is 1.19 bits per heavy atom. The highest BCUT2D eigenvalue weighted by atomic mass is 79.9. The maximum absolute atomic E-state index is 12.2. The maximum Gasteiger partial charge on any atom is 0.161 e. The number of rotatable bonds is 1. The number of halogens is 2. The van der Waals surface area contributed by atoms with Gasteiger partial charge in [0.05, 0.1) is 5.71 Å². The smallest absolute Gasteiger partial charge is 0.161 e. The van der Waals surface area contributed by atoms with Crippen LogP contribution in [0, 0.1) is 0 Å². The number of aliphatic imine (C=N–C) groups is 1. The van der Waals surface area contributed by atoms with Gasteiger partial charge in [0.2, 0.25) is 0 Å². The van der Waals surface area contributed by atoms with Gasteiger partial charge in [-0.05, 0) is 36.8 Å². The van der Waals surface area contributed by atoms with E-state index in [9.17, 15) is 4.79 Å². The van der Waals surface area contributed by atoms with Gasteiger partial charge in [-0.2, -0.15) is 0 Å². The largest absolute Gasteiger partial charge is 0.297 e. The third-order valence-electron chi connectivity index (χ3n) is 3.60. The second kappa shape index (κ2) is 5.74. The third-order valence-corrected chi connectivity index (χ3v) is 4.34. The van der Waals surface area contributed by atoms with E-state index in [1.54, 1.807) is 0 Å². The number of hydrogen-bond donors (Lipinski definition) is 0. The molecule has 0 amide bonds. The summed E-state index contributed by atoms with van der Waals surface area (Å²) in [5.74, 6) is 0.141. The Kier molecular flexibility index (Phi) is 3.96. The molecule has 1 heterocycles. The molecule has 0 aromatic heterocycles. The molecular formula is C17H13BrClNO. The van der Waals surface area contributed by atoms with Gasteiger partial charge in [0.25, 0.3) is 0 Å². The molecule has 2 nitrogen and oxygen atoms in total. The summed E-state index contributed by atoms with van der Waals surface area (Å²) in [6, 6.07) is 13.2. The van der Waals surface area contributed by atoms with Crippen molar-refractivity contribution in [1.29, 1.82) is 0 Å². The average molecular weight is 363 g/mol. The lowest BCUT2D eigenvalue weighted by atomic mass is 9.96. The SMILES string of the molecule is C[C@@H]1N=C(c2ccc(Cl)cc2)c2cc(Br)ccc2CC1=O. The van der Waals surface area contributed by atoms with Crippen molar-refractivity contribution >= 4 is 39.0 Å². The highest BCUT2D eigenvalue weighted by Gasteiger charge is 2.23. The molecule has 21 heavy (non-hydrogen) atoms. The summed E-state index contributed by atoms with van der Waals surface area (Å²) in [4.78, 5) is 16.8. The van der Waals surface area contributed by atoms with E-state index in [-0.39, 0.29) is 11.8 Å². The number of benzene rings is 2. The van der Waals surface area contributed by atoms with E-state index >= 15 is 0 Å². The van der Waals surface area contributed by atoms with E-state index in [0.717, 1.165) is 26.9 Å². The number of carbonyl (C=O) groups is 1. The summed E-state index contributed by atoms with van der Waals surface area (Å²) in [6.45, 7) is 1.85. The topological polar surface area (TPSA) is 29.4 Å². The van der Waals surface area contributed by atoms with E-state index in [2.05, 4.69) is 20.9 Å². The summed E-state index contributed by atoms with van der Waals surface area (Å²) in [7, 11) is 0. The predicted molar refractivity (Wildman–Crippen MR) is 89.4 cm³/mol. The molecule has 4 heteroatoms. The molecule has 1 aliphatic heterocycles. The molecule has 3 rings (SSSR count). The van der Waals surface area contributed by atoms with Crippen molar-refractivity contribution in [3.05, 3.63) is 68.7 Å². The average Bonchev–Trinajstić information content (AvgIpc) is 2.58. The molecule has 1 atom stereocenters. The fourth-order valence-electron chi connectivity index (χ4n) is 2.43. The molecule has 2 aromatic carbocycles. The standard InChI is InChI=1S/C17H13BrClNO/c1-10-16(21)8-12-2-5-13(18)9-15(12)17(20-10)11-3-6-14(19)7-4-11/h2-7,9-10H,8H2,1H3/t10-/m0/s1. The normalized spacial score (nSPS) is 18.0. The zero-order chi connectivity index (χ0) is 15.0. The number of nitrogens with zero attached hydrogens (tertiary/aromatic N) is 1. The molecule has 0 saturated heterocycles. The fraction of sp³-hybridized carbons (Fsp3) is 0.176. The van der Waals surface area contributed by atoms with Crippen LogP contribution in [-0.4, -0.2) is 17.5 Å². The molecule has 0 unspecified atom stereocenters. The Morgan fingerprint density at radius 3 is 2.62 bits per heavy atom. The van der Waals surface area contributed by atoms with Crippen LogP contribution in [0.3, 0.4) is 0 Å². The summed E-state index contributed by atoms with van der Waals surface area (Å²) >= 11 is 9.46. The Labute approximate surface area is 137 Å². The lowest BCUT2D eigenvalue weighted by Gasteiger charge is -2.10. The summed E-state index contributed by atoms with van der Waals surface area (Å²) in [5, 5.41) is 0.687. The maximum atomic E-state index is 12.2. The van der Waals surface area contributed by atoms with Gasteiger partial charge in [-0.3, -0.25) is 9.79 Å². The number of carbonyl (C=O) groups excluding carboxylic acids is 1. The Bertz CT molecular complexity index is 737. The second-order valence-corrected chi connectivity index (χ2v) is 6.46. The number of fused-ring (bicyclic) bond motifs is 1. The lowest BCUT2D eigenvalue weighted by Crippen LogP contribution is -2.15. The fourth-order valence-corrected chi connectivity index (χ4v) is 2.92. The van der Waals surface area contributed by atoms with Gasteiger partial charge in [0.15, 0.2) is 5.78 Å². The van der Waals surface area contributed by atoms with Gasteiger partial charge in [-0.1, -0.05) is 45.7 Å². The van der Waals surface area contributed by atoms with Gasteiger partial charge in [0, 0.05) is 27.0 Å². The van der Waals surface area contributed by atoms with Gasteiger partial charge >= 0.3 is 0 Å². The van der Waals surface area contributed by atoms with Gasteiger partial charge in [-0.25, -0.2) is 0 Å². The molecule has 0 N–H and O–H groups in total. The summed E-state index contributed by atoms with van der Waals surface area (Å²) in [6.07, 6.45) is 0.421. The van der Waals surface area contributed by atoms with Crippen molar-refractivity contribution < 1.29 is 4.79 Å². The van der Waals surface area contributed by atoms with Crippen molar-refractivity contribution in [3.8, 4) is 0 Å². The van der Waals surface area contributed by atoms with Crippen molar-refractivity contribution in [2.75, 3.05) is 0 Å².